The Morgan fingerprint density at radius 3 is 2.38 bits per heavy atom. The summed E-state index contributed by atoms with van der Waals surface area (Å²) in [6, 6.07) is 13.4. The van der Waals surface area contributed by atoms with Crippen LogP contribution in [0.15, 0.2) is 42.5 Å². The molecule has 0 spiro atoms. The highest BCUT2D eigenvalue weighted by Gasteiger charge is 2.21. The van der Waals surface area contributed by atoms with Crippen LogP contribution in [0.2, 0.25) is 0 Å². The Kier molecular flexibility index (Phi) is 4.63. The Morgan fingerprint density at radius 1 is 1.14 bits per heavy atom. The fourth-order valence-electron chi connectivity index (χ4n) is 2.54. The van der Waals surface area contributed by atoms with E-state index in [0.29, 0.717) is 6.42 Å². The molecule has 0 bridgehead atoms. The summed E-state index contributed by atoms with van der Waals surface area (Å²) in [5.74, 6) is -0.491. The number of ether oxygens (including phenoxy) is 1. The van der Waals surface area contributed by atoms with E-state index in [1.165, 1.54) is 0 Å². The van der Waals surface area contributed by atoms with Crippen LogP contribution in [0.25, 0.3) is 0 Å². The fourth-order valence-corrected chi connectivity index (χ4v) is 2.54. The van der Waals surface area contributed by atoms with Gasteiger partial charge in [0, 0.05) is 0 Å². The van der Waals surface area contributed by atoms with Gasteiger partial charge in [0.1, 0.15) is 5.75 Å². The van der Waals surface area contributed by atoms with E-state index in [0.717, 1.165) is 28.0 Å². The molecule has 1 N–H and O–H groups in total. The highest BCUT2D eigenvalue weighted by molar-refractivity contribution is 5.76. The maximum absolute atomic E-state index is 11.6. The van der Waals surface area contributed by atoms with E-state index in [1.807, 2.05) is 56.3 Å². The van der Waals surface area contributed by atoms with Crippen LogP contribution in [-0.2, 0) is 11.2 Å². The zero-order valence-corrected chi connectivity index (χ0v) is 12.6. The number of carboxylic acids is 1. The molecule has 110 valence electrons. The third-order valence-corrected chi connectivity index (χ3v) is 3.78. The summed E-state index contributed by atoms with van der Waals surface area (Å²) >= 11 is 0. The van der Waals surface area contributed by atoms with Gasteiger partial charge in [0.2, 0.25) is 0 Å². The summed E-state index contributed by atoms with van der Waals surface area (Å²) in [4.78, 5) is 11.6. The van der Waals surface area contributed by atoms with Gasteiger partial charge in [-0.2, -0.15) is 0 Å². The van der Waals surface area contributed by atoms with Gasteiger partial charge in [-0.1, -0.05) is 36.4 Å². The van der Waals surface area contributed by atoms with Gasteiger partial charge in [-0.15, -0.1) is 0 Å². The van der Waals surface area contributed by atoms with Gasteiger partial charge in [0.25, 0.3) is 0 Å². The highest BCUT2D eigenvalue weighted by Crippen LogP contribution is 2.27. The molecule has 3 heteroatoms. The molecule has 0 aromatic heterocycles. The predicted octanol–water partition coefficient (Wildman–Crippen LogP) is 3.72. The molecular formula is C18H20O3. The number of benzene rings is 2. The fraction of sp³-hybridized carbons (Fsp3) is 0.278. The smallest absolute Gasteiger partial charge is 0.311 e. The van der Waals surface area contributed by atoms with E-state index in [-0.39, 0.29) is 0 Å². The molecule has 1 unspecified atom stereocenters. The maximum atomic E-state index is 11.6. The van der Waals surface area contributed by atoms with E-state index in [9.17, 15) is 9.90 Å². The first kappa shape index (κ1) is 15.1. The molecule has 2 aromatic carbocycles. The van der Waals surface area contributed by atoms with E-state index < -0.39 is 11.9 Å². The maximum Gasteiger partial charge on any atom is 0.311 e. The Bertz CT molecular complexity index is 632. The Labute approximate surface area is 125 Å². The van der Waals surface area contributed by atoms with Crippen LogP contribution in [0.5, 0.6) is 5.75 Å². The molecule has 0 aliphatic carbocycles. The molecule has 1 atom stereocenters. The molecule has 21 heavy (non-hydrogen) atoms. The minimum atomic E-state index is -0.797. The van der Waals surface area contributed by atoms with Crippen LogP contribution < -0.4 is 4.74 Å². The van der Waals surface area contributed by atoms with Crippen molar-refractivity contribution in [2.75, 3.05) is 7.11 Å². The summed E-state index contributed by atoms with van der Waals surface area (Å²) in [5, 5.41) is 9.52. The number of rotatable bonds is 5. The van der Waals surface area contributed by atoms with Gasteiger partial charge in [0.15, 0.2) is 0 Å². The second-order valence-electron chi connectivity index (χ2n) is 5.25. The van der Waals surface area contributed by atoms with Gasteiger partial charge in [-0.25, -0.2) is 0 Å². The second-order valence-corrected chi connectivity index (χ2v) is 5.25. The summed E-state index contributed by atoms with van der Waals surface area (Å²) in [6.45, 7) is 3.96. The van der Waals surface area contributed by atoms with Crippen molar-refractivity contribution in [2.45, 2.75) is 26.2 Å². The second kappa shape index (κ2) is 6.44. The first-order valence-electron chi connectivity index (χ1n) is 6.94. The zero-order valence-electron chi connectivity index (χ0n) is 12.6. The first-order chi connectivity index (χ1) is 10.0. The number of methoxy groups -OCH3 is 1. The Hall–Kier alpha value is -2.29. The number of carboxylic acid groups (broad SMARTS) is 1. The van der Waals surface area contributed by atoms with E-state index in [1.54, 1.807) is 7.11 Å². The van der Waals surface area contributed by atoms with Crippen molar-refractivity contribution in [1.29, 1.82) is 0 Å². The average molecular weight is 284 g/mol. The molecule has 0 heterocycles. The van der Waals surface area contributed by atoms with Gasteiger partial charge in [0.05, 0.1) is 13.0 Å². The quantitative estimate of drug-likeness (QED) is 0.910. The predicted molar refractivity (Wildman–Crippen MR) is 83.0 cm³/mol. The van der Waals surface area contributed by atoms with Crippen LogP contribution in [0, 0.1) is 13.8 Å². The van der Waals surface area contributed by atoms with E-state index in [2.05, 4.69) is 0 Å². The molecule has 0 amide bonds. The summed E-state index contributed by atoms with van der Waals surface area (Å²) in [7, 11) is 1.64. The largest absolute Gasteiger partial charge is 0.496 e. The van der Waals surface area contributed by atoms with Crippen molar-refractivity contribution in [3.63, 3.8) is 0 Å². The lowest BCUT2D eigenvalue weighted by molar-refractivity contribution is -0.138. The minimum Gasteiger partial charge on any atom is -0.496 e. The van der Waals surface area contributed by atoms with Crippen LogP contribution in [0.1, 0.15) is 28.2 Å². The molecule has 0 saturated carbocycles. The van der Waals surface area contributed by atoms with Crippen molar-refractivity contribution < 1.29 is 14.6 Å². The van der Waals surface area contributed by atoms with Gasteiger partial charge in [-0.3, -0.25) is 4.79 Å². The lowest BCUT2D eigenvalue weighted by Crippen LogP contribution is -2.15. The van der Waals surface area contributed by atoms with Crippen LogP contribution >= 0.6 is 0 Å². The van der Waals surface area contributed by atoms with Crippen molar-refractivity contribution in [1.82, 2.24) is 0 Å². The molecule has 0 aliphatic heterocycles. The monoisotopic (exact) mass is 284 g/mol. The topological polar surface area (TPSA) is 46.5 Å². The molecule has 0 fully saturated rings. The summed E-state index contributed by atoms with van der Waals surface area (Å²) < 4.78 is 5.30. The zero-order chi connectivity index (χ0) is 15.4. The molecule has 3 nitrogen and oxygen atoms in total. The van der Waals surface area contributed by atoms with Crippen LogP contribution in [0.4, 0.5) is 0 Å². The number of aryl methyl sites for hydroxylation is 2. The van der Waals surface area contributed by atoms with Crippen LogP contribution in [-0.4, -0.2) is 18.2 Å². The van der Waals surface area contributed by atoms with Crippen LogP contribution in [0.3, 0.4) is 0 Å². The first-order valence-corrected chi connectivity index (χ1v) is 6.94. The number of hydrogen-bond acceptors (Lipinski definition) is 2. The molecule has 0 radical (unpaired) electrons. The summed E-state index contributed by atoms with van der Waals surface area (Å²) in [6.07, 6.45) is 0.482. The third kappa shape index (κ3) is 3.43. The minimum absolute atomic E-state index is 0.482. The van der Waals surface area contributed by atoms with E-state index >= 15 is 0 Å². The summed E-state index contributed by atoms with van der Waals surface area (Å²) in [5.41, 5.74) is 3.96. The number of carbonyl (C=O) groups is 1. The van der Waals surface area contributed by atoms with Crippen molar-refractivity contribution >= 4 is 5.97 Å². The van der Waals surface area contributed by atoms with E-state index in [4.69, 9.17) is 4.74 Å². The Balaban J connectivity index is 2.34. The van der Waals surface area contributed by atoms with Gasteiger partial charge < -0.3 is 9.84 Å². The number of hydrogen-bond donors (Lipinski definition) is 1. The van der Waals surface area contributed by atoms with Crippen molar-refractivity contribution in [2.24, 2.45) is 0 Å². The third-order valence-electron chi connectivity index (χ3n) is 3.78. The highest BCUT2D eigenvalue weighted by atomic mass is 16.5. The molecule has 2 aromatic rings. The van der Waals surface area contributed by atoms with Crippen molar-refractivity contribution in [3.8, 4) is 5.75 Å². The standard InChI is InChI=1S/C18H20O3/c1-12-10-17(21-3)13(2)9-15(12)11-16(18(19)20)14-7-5-4-6-8-14/h4-10,16H,11H2,1-3H3,(H,19,20). The SMILES string of the molecule is COc1cc(C)c(CC(C(=O)O)c2ccccc2)cc1C. The molecular weight excluding hydrogens is 264 g/mol. The molecule has 2 rings (SSSR count). The lowest BCUT2D eigenvalue weighted by atomic mass is 9.89. The number of aliphatic carboxylic acids is 1. The lowest BCUT2D eigenvalue weighted by Gasteiger charge is -2.16. The normalized spacial score (nSPS) is 12.0. The van der Waals surface area contributed by atoms with Crippen molar-refractivity contribution in [3.05, 3.63) is 64.7 Å². The van der Waals surface area contributed by atoms with Gasteiger partial charge >= 0.3 is 5.97 Å². The average Bonchev–Trinajstić information content (AvgIpc) is 2.48. The Morgan fingerprint density at radius 2 is 1.81 bits per heavy atom. The molecule has 0 saturated heterocycles. The van der Waals surface area contributed by atoms with Gasteiger partial charge in [-0.05, 0) is 48.6 Å². The molecule has 0 aliphatic rings.